The number of pyridine rings is 1. The first-order valence-corrected chi connectivity index (χ1v) is 8.78. The zero-order valence-electron chi connectivity index (χ0n) is 13.8. The van der Waals surface area contributed by atoms with Crippen molar-refractivity contribution in [3.8, 4) is 0 Å². The maximum Gasteiger partial charge on any atom is 0.272 e. The van der Waals surface area contributed by atoms with E-state index in [-0.39, 0.29) is 11.8 Å². The molecule has 0 aliphatic carbocycles. The molecule has 23 heavy (non-hydrogen) atoms. The molecule has 0 N–H and O–H groups in total. The van der Waals surface area contributed by atoms with Crippen LogP contribution in [-0.4, -0.2) is 52.3 Å². The Kier molecular flexibility index (Phi) is 4.94. The lowest BCUT2D eigenvalue weighted by Gasteiger charge is -2.35. The third kappa shape index (κ3) is 3.38. The fraction of sp³-hybridized carbons (Fsp3) is 0.611. The van der Waals surface area contributed by atoms with Crippen LogP contribution in [0, 0.1) is 0 Å². The summed E-state index contributed by atoms with van der Waals surface area (Å²) in [4.78, 5) is 33.4. The summed E-state index contributed by atoms with van der Waals surface area (Å²) >= 11 is 0. The number of aromatic nitrogens is 1. The zero-order chi connectivity index (χ0) is 16.2. The number of hydrogen-bond acceptors (Lipinski definition) is 3. The number of carbonyl (C=O) groups is 2. The van der Waals surface area contributed by atoms with Gasteiger partial charge in [0.05, 0.1) is 0 Å². The lowest BCUT2D eigenvalue weighted by molar-refractivity contribution is 0.0601. The quantitative estimate of drug-likeness (QED) is 0.862. The molecule has 2 amide bonds. The Bertz CT molecular complexity index is 581. The van der Waals surface area contributed by atoms with E-state index in [1.165, 1.54) is 6.42 Å². The topological polar surface area (TPSA) is 53.5 Å². The van der Waals surface area contributed by atoms with Gasteiger partial charge in [-0.3, -0.25) is 9.59 Å². The lowest BCUT2D eigenvalue weighted by atomic mass is 9.99. The third-order valence-electron chi connectivity index (χ3n) is 4.94. The lowest BCUT2D eigenvalue weighted by Crippen LogP contribution is -2.43. The Morgan fingerprint density at radius 3 is 2.39 bits per heavy atom. The standard InChI is InChI=1S/C18H25N3O2/c1-2-14-8-3-4-13-21(14)18(23)16-10-7-9-15(19-16)17(22)20-11-5-6-12-20/h7,9-10,14H,2-6,8,11-13H2,1H3. The Morgan fingerprint density at radius 2 is 1.70 bits per heavy atom. The van der Waals surface area contributed by atoms with E-state index in [0.29, 0.717) is 17.4 Å². The maximum atomic E-state index is 12.8. The first-order valence-electron chi connectivity index (χ1n) is 8.78. The zero-order valence-corrected chi connectivity index (χ0v) is 13.8. The van der Waals surface area contributed by atoms with Crippen LogP contribution in [0.4, 0.5) is 0 Å². The van der Waals surface area contributed by atoms with Gasteiger partial charge in [0, 0.05) is 25.7 Å². The molecule has 1 unspecified atom stereocenters. The van der Waals surface area contributed by atoms with E-state index < -0.39 is 0 Å². The Morgan fingerprint density at radius 1 is 1.04 bits per heavy atom. The van der Waals surface area contributed by atoms with Crippen molar-refractivity contribution in [1.29, 1.82) is 0 Å². The normalized spacial score (nSPS) is 21.5. The first kappa shape index (κ1) is 16.0. The molecule has 1 aromatic rings. The van der Waals surface area contributed by atoms with Crippen molar-refractivity contribution in [2.75, 3.05) is 19.6 Å². The fourth-order valence-corrected chi connectivity index (χ4v) is 3.59. The predicted octanol–water partition coefficient (Wildman–Crippen LogP) is 2.72. The van der Waals surface area contributed by atoms with Gasteiger partial charge in [-0.1, -0.05) is 13.0 Å². The number of carbonyl (C=O) groups excluding carboxylic acids is 2. The molecule has 2 saturated heterocycles. The van der Waals surface area contributed by atoms with Gasteiger partial charge in [-0.15, -0.1) is 0 Å². The van der Waals surface area contributed by atoms with Crippen molar-refractivity contribution in [1.82, 2.24) is 14.8 Å². The molecule has 1 atom stereocenters. The van der Waals surface area contributed by atoms with Crippen molar-refractivity contribution < 1.29 is 9.59 Å². The number of likely N-dealkylation sites (tertiary alicyclic amines) is 2. The molecule has 0 radical (unpaired) electrons. The van der Waals surface area contributed by atoms with Crippen LogP contribution in [0.1, 0.15) is 66.4 Å². The molecule has 2 fully saturated rings. The van der Waals surface area contributed by atoms with Gasteiger partial charge in [0.1, 0.15) is 11.4 Å². The predicted molar refractivity (Wildman–Crippen MR) is 88.3 cm³/mol. The third-order valence-corrected chi connectivity index (χ3v) is 4.94. The first-order chi connectivity index (χ1) is 11.2. The van der Waals surface area contributed by atoms with Crippen LogP contribution in [0.15, 0.2) is 18.2 Å². The monoisotopic (exact) mass is 315 g/mol. The van der Waals surface area contributed by atoms with E-state index in [1.807, 2.05) is 9.80 Å². The van der Waals surface area contributed by atoms with Crippen molar-refractivity contribution in [3.63, 3.8) is 0 Å². The highest BCUT2D eigenvalue weighted by Gasteiger charge is 2.28. The molecule has 2 aliphatic heterocycles. The van der Waals surface area contributed by atoms with Crippen LogP contribution < -0.4 is 0 Å². The number of hydrogen-bond donors (Lipinski definition) is 0. The van der Waals surface area contributed by atoms with Gasteiger partial charge in [-0.05, 0) is 50.7 Å². The molecule has 1 aromatic heterocycles. The summed E-state index contributed by atoms with van der Waals surface area (Å²) in [5, 5.41) is 0. The molecule has 5 nitrogen and oxygen atoms in total. The molecule has 2 aliphatic rings. The van der Waals surface area contributed by atoms with Crippen LogP contribution >= 0.6 is 0 Å². The van der Waals surface area contributed by atoms with Gasteiger partial charge in [0.25, 0.3) is 11.8 Å². The van der Waals surface area contributed by atoms with Crippen LogP contribution in [-0.2, 0) is 0 Å². The van der Waals surface area contributed by atoms with Crippen molar-refractivity contribution in [3.05, 3.63) is 29.6 Å². The van der Waals surface area contributed by atoms with E-state index in [9.17, 15) is 9.59 Å². The average molecular weight is 315 g/mol. The Balaban J connectivity index is 1.78. The minimum Gasteiger partial charge on any atom is -0.337 e. The largest absolute Gasteiger partial charge is 0.337 e. The molecule has 3 heterocycles. The highest BCUT2D eigenvalue weighted by molar-refractivity contribution is 5.96. The molecule has 0 saturated carbocycles. The molecule has 3 rings (SSSR count). The average Bonchev–Trinajstić information content (AvgIpc) is 3.15. The highest BCUT2D eigenvalue weighted by atomic mass is 16.2. The Labute approximate surface area is 137 Å². The smallest absolute Gasteiger partial charge is 0.272 e. The second-order valence-electron chi connectivity index (χ2n) is 6.46. The fourth-order valence-electron chi connectivity index (χ4n) is 3.59. The van der Waals surface area contributed by atoms with Gasteiger partial charge in [0.15, 0.2) is 0 Å². The van der Waals surface area contributed by atoms with Gasteiger partial charge < -0.3 is 9.80 Å². The molecule has 0 bridgehead atoms. The van der Waals surface area contributed by atoms with Gasteiger partial charge in [-0.2, -0.15) is 0 Å². The molecule has 124 valence electrons. The molecule has 5 heteroatoms. The molecule has 0 spiro atoms. The van der Waals surface area contributed by atoms with Gasteiger partial charge >= 0.3 is 0 Å². The maximum absolute atomic E-state index is 12.8. The van der Waals surface area contributed by atoms with Crippen LogP contribution in [0.5, 0.6) is 0 Å². The second-order valence-corrected chi connectivity index (χ2v) is 6.46. The molecule has 0 aromatic carbocycles. The van der Waals surface area contributed by atoms with Crippen molar-refractivity contribution in [2.45, 2.75) is 51.5 Å². The minimum atomic E-state index is -0.0529. The second kappa shape index (κ2) is 7.11. The number of amides is 2. The highest BCUT2D eigenvalue weighted by Crippen LogP contribution is 2.21. The van der Waals surface area contributed by atoms with E-state index in [2.05, 4.69) is 11.9 Å². The van der Waals surface area contributed by atoms with E-state index in [0.717, 1.165) is 51.7 Å². The van der Waals surface area contributed by atoms with Crippen molar-refractivity contribution in [2.24, 2.45) is 0 Å². The summed E-state index contributed by atoms with van der Waals surface area (Å²) in [7, 11) is 0. The van der Waals surface area contributed by atoms with E-state index in [4.69, 9.17) is 0 Å². The number of rotatable bonds is 3. The van der Waals surface area contributed by atoms with Gasteiger partial charge in [-0.25, -0.2) is 4.98 Å². The number of piperidine rings is 1. The summed E-state index contributed by atoms with van der Waals surface area (Å²) in [5.74, 6) is -0.0875. The molecular weight excluding hydrogens is 290 g/mol. The summed E-state index contributed by atoms with van der Waals surface area (Å²) < 4.78 is 0. The van der Waals surface area contributed by atoms with Crippen LogP contribution in [0.25, 0.3) is 0 Å². The van der Waals surface area contributed by atoms with Gasteiger partial charge in [0.2, 0.25) is 0 Å². The SMILES string of the molecule is CCC1CCCCN1C(=O)c1cccc(C(=O)N2CCCC2)n1. The summed E-state index contributed by atoms with van der Waals surface area (Å²) in [6.45, 7) is 4.51. The molecular formula is C18H25N3O2. The minimum absolute atomic E-state index is 0.0346. The summed E-state index contributed by atoms with van der Waals surface area (Å²) in [6.07, 6.45) is 6.37. The van der Waals surface area contributed by atoms with E-state index in [1.54, 1.807) is 18.2 Å². The summed E-state index contributed by atoms with van der Waals surface area (Å²) in [5.41, 5.74) is 0.790. The number of nitrogens with zero attached hydrogens (tertiary/aromatic N) is 3. The van der Waals surface area contributed by atoms with Crippen LogP contribution in [0.2, 0.25) is 0 Å². The van der Waals surface area contributed by atoms with Crippen molar-refractivity contribution >= 4 is 11.8 Å². The van der Waals surface area contributed by atoms with Crippen LogP contribution in [0.3, 0.4) is 0 Å². The Hall–Kier alpha value is -1.91. The summed E-state index contributed by atoms with van der Waals surface area (Å²) in [6, 6.07) is 5.51. The van der Waals surface area contributed by atoms with E-state index >= 15 is 0 Å².